The normalized spacial score (nSPS) is 13.7. The Kier molecular flexibility index (Phi) is 7.96. The Labute approximate surface area is 128 Å². The lowest BCUT2D eigenvalue weighted by Gasteiger charge is -2.11. The molecule has 2 nitrogen and oxygen atoms in total. The quantitative estimate of drug-likeness (QED) is 0.342. The molecule has 0 fully saturated rings. The molecule has 1 aromatic rings. The van der Waals surface area contributed by atoms with Crippen molar-refractivity contribution < 1.29 is 9.59 Å². The van der Waals surface area contributed by atoms with Crippen molar-refractivity contribution >= 4 is 11.6 Å². The standard InChI is InChI=1S/C19H28O2/c1-4-15(2)10-8-9-11-16(3)18(20)14-19(21)17-12-6-5-7-13-17/h5-7,12-13,15-16H,4,8-11,14H2,1-3H3. The maximum atomic E-state index is 12.1. The van der Waals surface area contributed by atoms with Gasteiger partial charge >= 0.3 is 0 Å². The first-order valence-corrected chi connectivity index (χ1v) is 8.15. The van der Waals surface area contributed by atoms with Gasteiger partial charge in [-0.25, -0.2) is 0 Å². The average Bonchev–Trinajstić information content (AvgIpc) is 2.51. The minimum atomic E-state index is -0.0629. The monoisotopic (exact) mass is 288 g/mol. The largest absolute Gasteiger partial charge is 0.299 e. The van der Waals surface area contributed by atoms with Gasteiger partial charge in [-0.05, 0) is 12.3 Å². The van der Waals surface area contributed by atoms with Gasteiger partial charge in [0.25, 0.3) is 0 Å². The van der Waals surface area contributed by atoms with Crippen LogP contribution in [0, 0.1) is 11.8 Å². The maximum absolute atomic E-state index is 12.1. The van der Waals surface area contributed by atoms with E-state index in [0.717, 1.165) is 18.8 Å². The molecule has 0 saturated heterocycles. The highest BCUT2D eigenvalue weighted by atomic mass is 16.1. The van der Waals surface area contributed by atoms with Crippen LogP contribution in [-0.2, 0) is 4.79 Å². The van der Waals surface area contributed by atoms with Gasteiger partial charge in [0, 0.05) is 11.5 Å². The summed E-state index contributed by atoms with van der Waals surface area (Å²) in [6.07, 6.45) is 5.66. The first-order valence-electron chi connectivity index (χ1n) is 8.15. The van der Waals surface area contributed by atoms with Gasteiger partial charge in [0.05, 0.1) is 6.42 Å². The predicted octanol–water partition coefficient (Wildman–Crippen LogP) is 5.07. The molecule has 0 aromatic heterocycles. The van der Waals surface area contributed by atoms with Gasteiger partial charge in [-0.15, -0.1) is 0 Å². The Hall–Kier alpha value is -1.44. The third-order valence-corrected chi connectivity index (χ3v) is 4.26. The Morgan fingerprint density at radius 1 is 1.00 bits per heavy atom. The van der Waals surface area contributed by atoms with Crippen LogP contribution < -0.4 is 0 Å². The summed E-state index contributed by atoms with van der Waals surface area (Å²) in [5, 5.41) is 0. The number of unbranched alkanes of at least 4 members (excludes halogenated alkanes) is 1. The van der Waals surface area contributed by atoms with E-state index in [9.17, 15) is 9.59 Å². The first kappa shape index (κ1) is 17.6. The third kappa shape index (κ3) is 6.70. The number of Topliss-reactive ketones (excluding diaryl/α,β-unsaturated/α-hetero) is 2. The second kappa shape index (κ2) is 9.49. The van der Waals surface area contributed by atoms with E-state index < -0.39 is 0 Å². The van der Waals surface area contributed by atoms with Gasteiger partial charge in [0.15, 0.2) is 5.78 Å². The smallest absolute Gasteiger partial charge is 0.170 e. The molecule has 0 amide bonds. The van der Waals surface area contributed by atoms with Crippen LogP contribution in [0.4, 0.5) is 0 Å². The van der Waals surface area contributed by atoms with Gasteiger partial charge in [-0.2, -0.15) is 0 Å². The number of carbonyl (C=O) groups excluding carboxylic acids is 2. The molecule has 0 bridgehead atoms. The van der Waals surface area contributed by atoms with Crippen LogP contribution in [-0.4, -0.2) is 11.6 Å². The fourth-order valence-electron chi connectivity index (χ4n) is 2.37. The number of hydrogen-bond acceptors (Lipinski definition) is 2. The summed E-state index contributed by atoms with van der Waals surface area (Å²) in [5.74, 6) is 0.782. The fourth-order valence-corrected chi connectivity index (χ4v) is 2.37. The molecule has 0 radical (unpaired) electrons. The molecule has 0 aliphatic heterocycles. The van der Waals surface area contributed by atoms with Gasteiger partial charge in [-0.1, -0.05) is 76.8 Å². The fraction of sp³-hybridized carbons (Fsp3) is 0.579. The Balaban J connectivity index is 2.29. The van der Waals surface area contributed by atoms with E-state index in [1.165, 1.54) is 19.3 Å². The number of hydrogen-bond donors (Lipinski definition) is 0. The molecule has 0 N–H and O–H groups in total. The number of ketones is 2. The van der Waals surface area contributed by atoms with Crippen LogP contribution in [0.3, 0.4) is 0 Å². The molecule has 0 aliphatic carbocycles. The van der Waals surface area contributed by atoms with E-state index in [1.54, 1.807) is 12.1 Å². The average molecular weight is 288 g/mol. The number of carbonyl (C=O) groups is 2. The van der Waals surface area contributed by atoms with Crippen LogP contribution in [0.25, 0.3) is 0 Å². The molecule has 2 atom stereocenters. The molecule has 1 aromatic carbocycles. The minimum absolute atomic E-state index is 0.00500. The lowest BCUT2D eigenvalue weighted by Crippen LogP contribution is -2.16. The summed E-state index contributed by atoms with van der Waals surface area (Å²) in [7, 11) is 0. The first-order chi connectivity index (χ1) is 10.0. The molecular formula is C19H28O2. The van der Waals surface area contributed by atoms with E-state index in [4.69, 9.17) is 0 Å². The number of benzene rings is 1. The zero-order chi connectivity index (χ0) is 15.7. The van der Waals surface area contributed by atoms with Crippen molar-refractivity contribution in [3.05, 3.63) is 35.9 Å². The molecule has 0 heterocycles. The van der Waals surface area contributed by atoms with Crippen LogP contribution in [0.2, 0.25) is 0 Å². The maximum Gasteiger partial charge on any atom is 0.170 e. The molecule has 2 unspecified atom stereocenters. The summed E-state index contributed by atoms with van der Waals surface area (Å²) >= 11 is 0. The second-order valence-corrected chi connectivity index (χ2v) is 6.13. The molecule has 116 valence electrons. The third-order valence-electron chi connectivity index (χ3n) is 4.26. The van der Waals surface area contributed by atoms with Crippen molar-refractivity contribution in [2.75, 3.05) is 0 Å². The molecule has 0 saturated carbocycles. The van der Waals surface area contributed by atoms with Crippen LogP contribution in [0.15, 0.2) is 30.3 Å². The van der Waals surface area contributed by atoms with Crippen molar-refractivity contribution in [1.82, 2.24) is 0 Å². The topological polar surface area (TPSA) is 34.1 Å². The summed E-state index contributed by atoms with van der Waals surface area (Å²) in [5.41, 5.74) is 0.634. The number of rotatable bonds is 10. The van der Waals surface area contributed by atoms with Crippen molar-refractivity contribution in [2.24, 2.45) is 11.8 Å². The van der Waals surface area contributed by atoms with Crippen LogP contribution in [0.5, 0.6) is 0 Å². The van der Waals surface area contributed by atoms with Crippen LogP contribution >= 0.6 is 0 Å². The summed E-state index contributed by atoms with van der Waals surface area (Å²) < 4.78 is 0. The van der Waals surface area contributed by atoms with Crippen molar-refractivity contribution in [2.45, 2.75) is 59.3 Å². The molecular weight excluding hydrogens is 260 g/mol. The Bertz CT molecular complexity index is 436. The summed E-state index contributed by atoms with van der Waals surface area (Å²) in [6, 6.07) is 9.07. The van der Waals surface area contributed by atoms with Crippen LogP contribution in [0.1, 0.15) is 69.7 Å². The molecule has 0 aliphatic rings. The molecule has 1 rings (SSSR count). The zero-order valence-electron chi connectivity index (χ0n) is 13.6. The highest BCUT2D eigenvalue weighted by molar-refractivity contribution is 6.08. The van der Waals surface area contributed by atoms with E-state index in [1.807, 2.05) is 25.1 Å². The van der Waals surface area contributed by atoms with Crippen molar-refractivity contribution in [1.29, 1.82) is 0 Å². The lowest BCUT2D eigenvalue weighted by molar-refractivity contribution is -0.121. The van der Waals surface area contributed by atoms with Gasteiger partial charge in [0.1, 0.15) is 5.78 Å². The van der Waals surface area contributed by atoms with E-state index >= 15 is 0 Å². The summed E-state index contributed by atoms with van der Waals surface area (Å²) in [6.45, 7) is 6.43. The molecule has 21 heavy (non-hydrogen) atoms. The van der Waals surface area contributed by atoms with Crippen molar-refractivity contribution in [3.63, 3.8) is 0 Å². The SMILES string of the molecule is CCC(C)CCCCC(C)C(=O)CC(=O)c1ccccc1. The minimum Gasteiger partial charge on any atom is -0.299 e. The highest BCUT2D eigenvalue weighted by Crippen LogP contribution is 2.17. The van der Waals surface area contributed by atoms with Crippen molar-refractivity contribution in [3.8, 4) is 0 Å². The van der Waals surface area contributed by atoms with Gasteiger partial charge in [-0.3, -0.25) is 9.59 Å². The highest BCUT2D eigenvalue weighted by Gasteiger charge is 2.17. The Morgan fingerprint density at radius 3 is 2.24 bits per heavy atom. The second-order valence-electron chi connectivity index (χ2n) is 6.13. The van der Waals surface area contributed by atoms with Gasteiger partial charge < -0.3 is 0 Å². The van der Waals surface area contributed by atoms with E-state index in [0.29, 0.717) is 5.56 Å². The zero-order valence-corrected chi connectivity index (χ0v) is 13.6. The van der Waals surface area contributed by atoms with E-state index in [-0.39, 0.29) is 23.9 Å². The summed E-state index contributed by atoms with van der Waals surface area (Å²) in [4.78, 5) is 24.1. The predicted molar refractivity (Wildman–Crippen MR) is 87.5 cm³/mol. The Morgan fingerprint density at radius 2 is 1.62 bits per heavy atom. The van der Waals surface area contributed by atoms with Gasteiger partial charge in [0.2, 0.25) is 0 Å². The van der Waals surface area contributed by atoms with E-state index in [2.05, 4.69) is 13.8 Å². The molecule has 2 heteroatoms. The molecule has 0 spiro atoms. The lowest BCUT2D eigenvalue weighted by atomic mass is 9.92.